The second kappa shape index (κ2) is 8.97. The number of hydrogen-bond acceptors (Lipinski definition) is 6. The standard InChI is InChI=1S/C20H25N3O4S/c1-6-13-7-9-14(10-8-13)17-21-15(11-28-17)18(25)27-12(2)16(24)22-19(26)23-20(3,4)5/h7-12H,6H2,1-5H3,(H2,22,23,24,26)/t12-/m1/s1. The van der Waals surface area contributed by atoms with Crippen molar-refractivity contribution in [1.82, 2.24) is 15.6 Å². The molecule has 1 aromatic heterocycles. The second-order valence-corrected chi connectivity index (χ2v) is 8.19. The summed E-state index contributed by atoms with van der Waals surface area (Å²) in [6, 6.07) is 7.30. The van der Waals surface area contributed by atoms with Gasteiger partial charge in [0.2, 0.25) is 0 Å². The summed E-state index contributed by atoms with van der Waals surface area (Å²) in [6.07, 6.45) is -0.184. The van der Waals surface area contributed by atoms with E-state index in [9.17, 15) is 14.4 Å². The Kier molecular flexibility index (Phi) is 6.90. The van der Waals surface area contributed by atoms with Crippen molar-refractivity contribution in [2.45, 2.75) is 52.7 Å². The number of ether oxygens (including phenoxy) is 1. The summed E-state index contributed by atoms with van der Waals surface area (Å²) in [5, 5.41) is 7.03. The van der Waals surface area contributed by atoms with Crippen LogP contribution in [0.4, 0.5) is 4.79 Å². The molecule has 0 saturated heterocycles. The van der Waals surface area contributed by atoms with Crippen molar-refractivity contribution < 1.29 is 19.1 Å². The van der Waals surface area contributed by atoms with Crippen LogP contribution in [0.2, 0.25) is 0 Å². The van der Waals surface area contributed by atoms with Crippen molar-refractivity contribution in [1.29, 1.82) is 0 Å². The smallest absolute Gasteiger partial charge is 0.358 e. The molecule has 0 bridgehead atoms. The number of thiazole rings is 1. The fraction of sp³-hybridized carbons (Fsp3) is 0.400. The molecule has 0 aliphatic carbocycles. The Morgan fingerprint density at radius 3 is 2.39 bits per heavy atom. The minimum absolute atomic E-state index is 0.123. The highest BCUT2D eigenvalue weighted by molar-refractivity contribution is 7.13. The topological polar surface area (TPSA) is 97.4 Å². The fourth-order valence-corrected chi connectivity index (χ4v) is 3.04. The number of nitrogens with one attached hydrogen (secondary N) is 2. The number of aromatic nitrogens is 1. The summed E-state index contributed by atoms with van der Waals surface area (Å²) in [5.41, 5.74) is 1.76. The van der Waals surface area contributed by atoms with Gasteiger partial charge in [0.05, 0.1) is 0 Å². The molecule has 0 aliphatic rings. The highest BCUT2D eigenvalue weighted by Crippen LogP contribution is 2.24. The van der Waals surface area contributed by atoms with Crippen LogP contribution in [0.3, 0.4) is 0 Å². The van der Waals surface area contributed by atoms with Gasteiger partial charge in [-0.3, -0.25) is 10.1 Å². The molecule has 3 amide bonds. The minimum Gasteiger partial charge on any atom is -0.448 e. The van der Waals surface area contributed by atoms with Gasteiger partial charge in [-0.25, -0.2) is 14.6 Å². The van der Waals surface area contributed by atoms with Gasteiger partial charge in [-0.1, -0.05) is 31.2 Å². The molecule has 2 aromatic rings. The predicted octanol–water partition coefficient (Wildman–Crippen LogP) is 3.54. The van der Waals surface area contributed by atoms with E-state index in [-0.39, 0.29) is 5.69 Å². The maximum atomic E-state index is 12.3. The van der Waals surface area contributed by atoms with Crippen LogP contribution in [0.25, 0.3) is 10.6 Å². The Bertz CT molecular complexity index is 853. The van der Waals surface area contributed by atoms with E-state index in [1.54, 1.807) is 26.2 Å². The van der Waals surface area contributed by atoms with Crippen LogP contribution in [0.15, 0.2) is 29.6 Å². The number of carbonyl (C=O) groups excluding carboxylic acids is 3. The molecule has 0 fully saturated rings. The number of esters is 1. The number of imide groups is 1. The van der Waals surface area contributed by atoms with Gasteiger partial charge in [0.25, 0.3) is 5.91 Å². The summed E-state index contributed by atoms with van der Waals surface area (Å²) in [5.74, 6) is -1.42. The molecular weight excluding hydrogens is 378 g/mol. The predicted molar refractivity (Wildman–Crippen MR) is 108 cm³/mol. The number of rotatable bonds is 5. The third-order valence-electron chi connectivity index (χ3n) is 3.70. The van der Waals surface area contributed by atoms with Crippen LogP contribution in [-0.2, 0) is 16.0 Å². The van der Waals surface area contributed by atoms with E-state index in [1.165, 1.54) is 23.8 Å². The van der Waals surface area contributed by atoms with Gasteiger partial charge in [-0.05, 0) is 39.7 Å². The van der Waals surface area contributed by atoms with Gasteiger partial charge >= 0.3 is 12.0 Å². The Morgan fingerprint density at radius 1 is 1.18 bits per heavy atom. The van der Waals surface area contributed by atoms with Gasteiger partial charge in [-0.2, -0.15) is 0 Å². The number of carbonyl (C=O) groups is 3. The zero-order chi connectivity index (χ0) is 20.9. The van der Waals surface area contributed by atoms with E-state index in [0.29, 0.717) is 5.01 Å². The fourth-order valence-electron chi connectivity index (χ4n) is 2.24. The summed E-state index contributed by atoms with van der Waals surface area (Å²) >= 11 is 1.32. The van der Waals surface area contributed by atoms with Crippen molar-refractivity contribution in [3.8, 4) is 10.6 Å². The average molecular weight is 404 g/mol. The van der Waals surface area contributed by atoms with Crippen molar-refractivity contribution in [3.05, 3.63) is 40.9 Å². The van der Waals surface area contributed by atoms with E-state index in [1.807, 2.05) is 24.3 Å². The van der Waals surface area contributed by atoms with Crippen LogP contribution < -0.4 is 10.6 Å². The first-order chi connectivity index (χ1) is 13.1. The molecule has 1 heterocycles. The van der Waals surface area contributed by atoms with Crippen LogP contribution in [0, 0.1) is 0 Å². The summed E-state index contributed by atoms with van der Waals surface area (Å²) in [4.78, 5) is 40.3. The molecule has 2 rings (SSSR count). The summed E-state index contributed by atoms with van der Waals surface area (Å²) < 4.78 is 5.13. The average Bonchev–Trinajstić information content (AvgIpc) is 3.10. The number of urea groups is 1. The molecule has 0 spiro atoms. The third kappa shape index (κ3) is 6.16. The van der Waals surface area contributed by atoms with Crippen molar-refractivity contribution in [3.63, 3.8) is 0 Å². The zero-order valence-corrected chi connectivity index (χ0v) is 17.5. The normalized spacial score (nSPS) is 12.2. The van der Waals surface area contributed by atoms with Crippen molar-refractivity contribution >= 4 is 29.2 Å². The quantitative estimate of drug-likeness (QED) is 0.744. The monoisotopic (exact) mass is 403 g/mol. The molecule has 0 radical (unpaired) electrons. The van der Waals surface area contributed by atoms with E-state index >= 15 is 0 Å². The van der Waals surface area contributed by atoms with Gasteiger partial charge in [0, 0.05) is 16.5 Å². The highest BCUT2D eigenvalue weighted by atomic mass is 32.1. The second-order valence-electron chi connectivity index (χ2n) is 7.33. The van der Waals surface area contributed by atoms with Gasteiger partial charge in [-0.15, -0.1) is 11.3 Å². The molecule has 0 saturated carbocycles. The zero-order valence-electron chi connectivity index (χ0n) is 16.7. The van der Waals surface area contributed by atoms with Crippen LogP contribution in [0.1, 0.15) is 50.7 Å². The molecule has 0 unspecified atom stereocenters. The minimum atomic E-state index is -1.13. The van der Waals surface area contributed by atoms with E-state index in [4.69, 9.17) is 4.74 Å². The lowest BCUT2D eigenvalue weighted by atomic mass is 10.1. The third-order valence-corrected chi connectivity index (χ3v) is 4.59. The van der Waals surface area contributed by atoms with Crippen LogP contribution >= 0.6 is 11.3 Å². The number of hydrogen-bond donors (Lipinski definition) is 2. The lowest BCUT2D eigenvalue weighted by molar-refractivity contribution is -0.127. The van der Waals surface area contributed by atoms with Gasteiger partial charge in [0.1, 0.15) is 5.01 Å². The SMILES string of the molecule is CCc1ccc(-c2nc(C(=O)O[C@H](C)C(=O)NC(=O)NC(C)(C)C)cs2)cc1. The first-order valence-electron chi connectivity index (χ1n) is 8.98. The number of aryl methyl sites for hydroxylation is 1. The van der Waals surface area contributed by atoms with Gasteiger partial charge < -0.3 is 10.1 Å². The Hall–Kier alpha value is -2.74. The lowest BCUT2D eigenvalue weighted by Crippen LogP contribution is -2.50. The largest absolute Gasteiger partial charge is 0.448 e. The number of benzene rings is 1. The Balaban J connectivity index is 1.96. The first-order valence-corrected chi connectivity index (χ1v) is 9.86. The molecular formula is C20H25N3O4S. The van der Waals surface area contributed by atoms with E-state index in [0.717, 1.165) is 12.0 Å². The molecule has 1 aromatic carbocycles. The number of nitrogens with zero attached hydrogens (tertiary/aromatic N) is 1. The van der Waals surface area contributed by atoms with Gasteiger partial charge in [0.15, 0.2) is 11.8 Å². The Morgan fingerprint density at radius 2 is 1.82 bits per heavy atom. The highest BCUT2D eigenvalue weighted by Gasteiger charge is 2.24. The maximum absolute atomic E-state index is 12.3. The van der Waals surface area contributed by atoms with Crippen molar-refractivity contribution in [2.24, 2.45) is 0 Å². The molecule has 0 aliphatic heterocycles. The summed E-state index contributed by atoms with van der Waals surface area (Å²) in [7, 11) is 0. The molecule has 1 atom stereocenters. The molecule has 28 heavy (non-hydrogen) atoms. The first kappa shape index (κ1) is 21.6. The molecule has 150 valence electrons. The Labute approximate surface area is 168 Å². The maximum Gasteiger partial charge on any atom is 0.358 e. The van der Waals surface area contributed by atoms with E-state index in [2.05, 4.69) is 22.5 Å². The molecule has 7 nitrogen and oxygen atoms in total. The van der Waals surface area contributed by atoms with Crippen molar-refractivity contribution in [2.75, 3.05) is 0 Å². The molecule has 8 heteroatoms. The summed E-state index contributed by atoms with van der Waals surface area (Å²) in [6.45, 7) is 8.84. The lowest BCUT2D eigenvalue weighted by Gasteiger charge is -2.21. The molecule has 2 N–H and O–H groups in total. The van der Waals surface area contributed by atoms with E-state index < -0.39 is 29.6 Å². The number of amides is 3. The van der Waals surface area contributed by atoms with Crippen LogP contribution in [0.5, 0.6) is 0 Å². The van der Waals surface area contributed by atoms with Crippen LogP contribution in [-0.4, -0.2) is 34.5 Å².